The van der Waals surface area contributed by atoms with E-state index in [1.54, 1.807) is 6.21 Å². The first kappa shape index (κ1) is 26.6. The number of likely N-dealkylation sites (tertiary alicyclic amines) is 1. The second-order valence-electron chi connectivity index (χ2n) is 10.8. The molecule has 1 aromatic heterocycles. The van der Waals surface area contributed by atoms with Gasteiger partial charge in [-0.15, -0.1) is 0 Å². The number of hydrogen-bond donors (Lipinski definition) is 1. The average molecular weight is 519 g/mol. The minimum atomic E-state index is -0.202. The van der Waals surface area contributed by atoms with Crippen LogP contribution in [0.5, 0.6) is 0 Å². The number of piperidine rings is 1. The number of amides is 1. The fraction of sp³-hybridized carbons (Fsp3) is 0.294. The van der Waals surface area contributed by atoms with E-state index in [0.29, 0.717) is 5.56 Å². The molecule has 3 aromatic carbocycles. The molecular weight excluding hydrogens is 480 g/mol. The Hall–Kier alpha value is -3.96. The molecule has 1 aliphatic rings. The lowest BCUT2D eigenvalue weighted by Crippen LogP contribution is -2.33. The summed E-state index contributed by atoms with van der Waals surface area (Å²) in [6.45, 7) is 9.41. The molecular formula is C34H38N4O. The van der Waals surface area contributed by atoms with Crippen molar-refractivity contribution in [2.24, 2.45) is 11.0 Å². The highest BCUT2D eigenvalue weighted by Gasteiger charge is 2.19. The Labute approximate surface area is 232 Å². The first-order valence-electron chi connectivity index (χ1n) is 13.9. The summed E-state index contributed by atoms with van der Waals surface area (Å²) >= 11 is 0. The second kappa shape index (κ2) is 12.3. The largest absolute Gasteiger partial charge is 0.318 e. The standard InChI is InChI=1S/C34H38N4O/c1-25-9-15-33(16-10-25)38-26(2)21-32(27(38)3)23-35-36-34(39)31-13-11-30(12-14-31)24-37-19-17-29(18-20-37)22-28-7-5-4-6-8-28/h4-16,21,23,29H,17-20,22,24H2,1-3H3,(H,36,39)/b35-23-. The van der Waals surface area contributed by atoms with E-state index in [1.165, 1.54) is 36.0 Å². The van der Waals surface area contributed by atoms with E-state index in [9.17, 15) is 4.79 Å². The molecule has 5 heteroatoms. The second-order valence-corrected chi connectivity index (χ2v) is 10.8. The Morgan fingerprint density at radius 3 is 2.28 bits per heavy atom. The summed E-state index contributed by atoms with van der Waals surface area (Å²) in [5, 5.41) is 4.25. The highest BCUT2D eigenvalue weighted by molar-refractivity contribution is 5.95. The van der Waals surface area contributed by atoms with Crippen molar-refractivity contribution in [3.8, 4) is 5.69 Å². The lowest BCUT2D eigenvalue weighted by molar-refractivity contribution is 0.0955. The fourth-order valence-electron chi connectivity index (χ4n) is 5.55. The lowest BCUT2D eigenvalue weighted by Gasteiger charge is -2.32. The maximum absolute atomic E-state index is 12.7. The van der Waals surface area contributed by atoms with Gasteiger partial charge >= 0.3 is 0 Å². The van der Waals surface area contributed by atoms with Gasteiger partial charge in [-0.1, -0.05) is 60.2 Å². The summed E-state index contributed by atoms with van der Waals surface area (Å²) in [6.07, 6.45) is 5.38. The van der Waals surface area contributed by atoms with Gasteiger partial charge in [-0.2, -0.15) is 5.10 Å². The number of hydrazone groups is 1. The Morgan fingerprint density at radius 1 is 0.897 bits per heavy atom. The van der Waals surface area contributed by atoms with Crippen molar-refractivity contribution >= 4 is 12.1 Å². The number of aryl methyl sites for hydroxylation is 2. The Balaban J connectivity index is 1.11. The van der Waals surface area contributed by atoms with Gasteiger partial charge in [0.1, 0.15) is 0 Å². The van der Waals surface area contributed by atoms with E-state index in [0.717, 1.165) is 48.2 Å². The highest BCUT2D eigenvalue weighted by Crippen LogP contribution is 2.23. The van der Waals surface area contributed by atoms with Crippen LogP contribution in [0, 0.1) is 26.7 Å². The average Bonchev–Trinajstić information content (AvgIpc) is 3.23. The topological polar surface area (TPSA) is 49.6 Å². The number of carbonyl (C=O) groups excluding carboxylic acids is 1. The molecule has 0 unspecified atom stereocenters. The molecule has 200 valence electrons. The molecule has 0 spiro atoms. The van der Waals surface area contributed by atoms with Crippen LogP contribution in [-0.4, -0.2) is 34.7 Å². The SMILES string of the molecule is Cc1ccc(-n2c(C)cc(/C=N\NC(=O)c3ccc(CN4CCC(Cc5ccccc5)CC4)cc3)c2C)cc1. The molecule has 1 saturated heterocycles. The van der Waals surface area contributed by atoms with Crippen molar-refractivity contribution in [3.63, 3.8) is 0 Å². The molecule has 4 aromatic rings. The van der Waals surface area contributed by atoms with Crippen molar-refractivity contribution in [1.82, 2.24) is 14.9 Å². The Kier molecular flexibility index (Phi) is 8.38. The van der Waals surface area contributed by atoms with Gasteiger partial charge in [-0.25, -0.2) is 5.43 Å². The number of nitrogens with one attached hydrogen (secondary N) is 1. The maximum Gasteiger partial charge on any atom is 0.271 e. The van der Waals surface area contributed by atoms with Crippen LogP contribution in [0.2, 0.25) is 0 Å². The van der Waals surface area contributed by atoms with Gasteiger partial charge < -0.3 is 4.57 Å². The number of benzene rings is 3. The zero-order chi connectivity index (χ0) is 27.2. The number of aromatic nitrogens is 1. The normalized spacial score (nSPS) is 14.6. The summed E-state index contributed by atoms with van der Waals surface area (Å²) < 4.78 is 2.20. The van der Waals surface area contributed by atoms with E-state index >= 15 is 0 Å². The van der Waals surface area contributed by atoms with Crippen molar-refractivity contribution in [2.45, 2.75) is 46.6 Å². The van der Waals surface area contributed by atoms with Gasteiger partial charge in [0.15, 0.2) is 0 Å². The molecule has 5 rings (SSSR count). The minimum absolute atomic E-state index is 0.202. The minimum Gasteiger partial charge on any atom is -0.318 e. The molecule has 0 atom stereocenters. The molecule has 1 fully saturated rings. The van der Waals surface area contributed by atoms with E-state index in [2.05, 4.69) is 114 Å². The van der Waals surface area contributed by atoms with E-state index in [1.807, 2.05) is 12.1 Å². The zero-order valence-electron chi connectivity index (χ0n) is 23.2. The van der Waals surface area contributed by atoms with Crippen molar-refractivity contribution in [1.29, 1.82) is 0 Å². The van der Waals surface area contributed by atoms with Crippen LogP contribution in [0.1, 0.15) is 56.8 Å². The molecule has 1 N–H and O–H groups in total. The van der Waals surface area contributed by atoms with Gasteiger partial charge in [-0.3, -0.25) is 9.69 Å². The van der Waals surface area contributed by atoms with Crippen LogP contribution < -0.4 is 5.43 Å². The molecule has 39 heavy (non-hydrogen) atoms. The number of nitrogens with zero attached hydrogens (tertiary/aromatic N) is 3. The number of hydrogen-bond acceptors (Lipinski definition) is 3. The first-order valence-corrected chi connectivity index (χ1v) is 13.9. The third kappa shape index (κ3) is 6.73. The van der Waals surface area contributed by atoms with Crippen LogP contribution in [0.4, 0.5) is 0 Å². The quantitative estimate of drug-likeness (QED) is 0.210. The van der Waals surface area contributed by atoms with Gasteiger partial charge in [0, 0.05) is 34.7 Å². The number of rotatable bonds is 8. The Morgan fingerprint density at radius 2 is 1.59 bits per heavy atom. The highest BCUT2D eigenvalue weighted by atomic mass is 16.2. The molecule has 1 amide bonds. The van der Waals surface area contributed by atoms with E-state index < -0.39 is 0 Å². The molecule has 2 heterocycles. The van der Waals surface area contributed by atoms with Crippen LogP contribution in [0.3, 0.4) is 0 Å². The third-order valence-corrected chi connectivity index (χ3v) is 7.83. The summed E-state index contributed by atoms with van der Waals surface area (Å²) in [7, 11) is 0. The van der Waals surface area contributed by atoms with Crippen LogP contribution >= 0.6 is 0 Å². The predicted octanol–water partition coefficient (Wildman–Crippen LogP) is 6.62. The molecule has 0 bridgehead atoms. The molecule has 0 saturated carbocycles. The Bertz CT molecular complexity index is 1410. The molecule has 1 aliphatic heterocycles. The van der Waals surface area contributed by atoms with E-state index in [4.69, 9.17) is 0 Å². The first-order chi connectivity index (χ1) is 19.0. The summed E-state index contributed by atoms with van der Waals surface area (Å²) in [6, 6.07) is 29.3. The van der Waals surface area contributed by atoms with Crippen molar-refractivity contribution < 1.29 is 4.79 Å². The van der Waals surface area contributed by atoms with E-state index in [-0.39, 0.29) is 5.91 Å². The van der Waals surface area contributed by atoms with Gasteiger partial charge in [0.25, 0.3) is 5.91 Å². The number of carbonyl (C=O) groups is 1. The van der Waals surface area contributed by atoms with Crippen LogP contribution in [0.15, 0.2) is 90.0 Å². The monoisotopic (exact) mass is 518 g/mol. The maximum atomic E-state index is 12.7. The van der Waals surface area contributed by atoms with Crippen molar-refractivity contribution in [2.75, 3.05) is 13.1 Å². The zero-order valence-corrected chi connectivity index (χ0v) is 23.2. The van der Waals surface area contributed by atoms with Crippen molar-refractivity contribution in [3.05, 3.63) is 124 Å². The van der Waals surface area contributed by atoms with Crippen LogP contribution in [-0.2, 0) is 13.0 Å². The fourth-order valence-corrected chi connectivity index (χ4v) is 5.55. The third-order valence-electron chi connectivity index (χ3n) is 7.83. The molecule has 0 aliphatic carbocycles. The smallest absolute Gasteiger partial charge is 0.271 e. The summed E-state index contributed by atoms with van der Waals surface area (Å²) in [5.74, 6) is 0.566. The van der Waals surface area contributed by atoms with Gasteiger partial charge in [-0.05, 0) is 100 Å². The summed E-state index contributed by atoms with van der Waals surface area (Å²) in [4.78, 5) is 15.2. The van der Waals surface area contributed by atoms with Gasteiger partial charge in [0.2, 0.25) is 0 Å². The molecule has 0 radical (unpaired) electrons. The lowest BCUT2D eigenvalue weighted by atomic mass is 9.90. The molecule has 5 nitrogen and oxygen atoms in total. The summed E-state index contributed by atoms with van der Waals surface area (Å²) in [5.41, 5.74) is 11.5. The van der Waals surface area contributed by atoms with Gasteiger partial charge in [0.05, 0.1) is 6.21 Å². The predicted molar refractivity (Wildman–Crippen MR) is 160 cm³/mol. The van der Waals surface area contributed by atoms with Crippen LogP contribution in [0.25, 0.3) is 5.69 Å².